The van der Waals surface area contributed by atoms with E-state index in [-0.39, 0.29) is 6.04 Å². The molecule has 21 heavy (non-hydrogen) atoms. The van der Waals surface area contributed by atoms with Crippen LogP contribution in [0.3, 0.4) is 0 Å². The molecule has 0 spiro atoms. The van der Waals surface area contributed by atoms with Gasteiger partial charge in [0.2, 0.25) is 0 Å². The minimum Gasteiger partial charge on any atom is -0.472 e. The van der Waals surface area contributed by atoms with E-state index in [1.54, 1.807) is 12.5 Å². The third-order valence-corrected chi connectivity index (χ3v) is 3.31. The van der Waals surface area contributed by atoms with Crippen molar-refractivity contribution in [1.29, 1.82) is 0 Å². The molecule has 114 valence electrons. The molecule has 0 saturated heterocycles. The Balaban J connectivity index is 2.09. The fourth-order valence-corrected chi connectivity index (χ4v) is 2.17. The van der Waals surface area contributed by atoms with Crippen molar-refractivity contribution in [2.24, 2.45) is 0 Å². The monoisotopic (exact) mass is 297 g/mol. The molecule has 0 saturated carbocycles. The summed E-state index contributed by atoms with van der Waals surface area (Å²) in [5.74, 6) is 0. The molecule has 0 amide bonds. The van der Waals surface area contributed by atoms with E-state index in [1.165, 1.54) is 12.1 Å². The molecule has 0 radical (unpaired) electrons. The second-order valence-corrected chi connectivity index (χ2v) is 4.96. The summed E-state index contributed by atoms with van der Waals surface area (Å²) in [6.07, 6.45) is 0.585. The number of furan rings is 1. The highest BCUT2D eigenvalue weighted by Gasteiger charge is 2.30. The molecule has 1 heterocycles. The lowest BCUT2D eigenvalue weighted by molar-refractivity contribution is -0.137. The van der Waals surface area contributed by atoms with E-state index in [4.69, 9.17) is 4.42 Å². The van der Waals surface area contributed by atoms with Gasteiger partial charge in [0.15, 0.2) is 0 Å². The van der Waals surface area contributed by atoms with Crippen LogP contribution in [0.15, 0.2) is 47.3 Å². The fourth-order valence-electron chi connectivity index (χ4n) is 2.17. The lowest BCUT2D eigenvalue weighted by atomic mass is 10.00. The van der Waals surface area contributed by atoms with Crippen LogP contribution >= 0.6 is 0 Å². The van der Waals surface area contributed by atoms with Crippen molar-refractivity contribution in [3.63, 3.8) is 0 Å². The largest absolute Gasteiger partial charge is 0.472 e. The molecule has 1 N–H and O–H groups in total. The van der Waals surface area contributed by atoms with Crippen molar-refractivity contribution in [3.8, 4) is 0 Å². The first-order chi connectivity index (χ1) is 10.0. The fraction of sp³-hybridized carbons (Fsp3) is 0.375. The zero-order chi connectivity index (χ0) is 15.3. The molecule has 0 fully saturated rings. The minimum absolute atomic E-state index is 0.0421. The summed E-state index contributed by atoms with van der Waals surface area (Å²) in [5, 5.41) is 3.38. The third-order valence-electron chi connectivity index (χ3n) is 3.31. The van der Waals surface area contributed by atoms with Crippen LogP contribution in [-0.2, 0) is 12.6 Å². The number of hydrogen-bond acceptors (Lipinski definition) is 2. The first kappa shape index (κ1) is 15.6. The Bertz CT molecular complexity index is 532. The standard InChI is InChI=1S/C16H18F3NO/c1-2-8-20-15(13-7-9-21-11-13)10-12-3-5-14(6-4-12)16(17,18)19/h3-7,9,11,15,20H,2,8,10H2,1H3. The van der Waals surface area contributed by atoms with Gasteiger partial charge in [-0.1, -0.05) is 19.1 Å². The van der Waals surface area contributed by atoms with E-state index < -0.39 is 11.7 Å². The summed E-state index contributed by atoms with van der Waals surface area (Å²) in [7, 11) is 0. The van der Waals surface area contributed by atoms with Crippen molar-refractivity contribution in [2.75, 3.05) is 6.54 Å². The lowest BCUT2D eigenvalue weighted by Crippen LogP contribution is -2.23. The Morgan fingerprint density at radius 2 is 1.86 bits per heavy atom. The number of rotatable bonds is 6. The van der Waals surface area contributed by atoms with Gasteiger partial charge in [-0.15, -0.1) is 0 Å². The van der Waals surface area contributed by atoms with Crippen molar-refractivity contribution in [2.45, 2.75) is 32.0 Å². The highest BCUT2D eigenvalue weighted by atomic mass is 19.4. The molecular formula is C16H18F3NO. The highest BCUT2D eigenvalue weighted by Crippen LogP contribution is 2.29. The van der Waals surface area contributed by atoms with E-state index >= 15 is 0 Å². The van der Waals surface area contributed by atoms with E-state index in [2.05, 4.69) is 12.2 Å². The molecule has 0 bridgehead atoms. The Labute approximate surface area is 122 Å². The molecule has 2 nitrogen and oxygen atoms in total. The van der Waals surface area contributed by atoms with Crippen LogP contribution in [0.5, 0.6) is 0 Å². The maximum Gasteiger partial charge on any atom is 0.416 e. The highest BCUT2D eigenvalue weighted by molar-refractivity contribution is 5.26. The van der Waals surface area contributed by atoms with Crippen LogP contribution in [0.2, 0.25) is 0 Å². The topological polar surface area (TPSA) is 25.2 Å². The smallest absolute Gasteiger partial charge is 0.416 e. The molecule has 0 aliphatic rings. The quantitative estimate of drug-likeness (QED) is 0.844. The molecule has 1 unspecified atom stereocenters. The zero-order valence-electron chi connectivity index (χ0n) is 11.8. The van der Waals surface area contributed by atoms with E-state index in [9.17, 15) is 13.2 Å². The molecule has 2 rings (SSSR count). The molecule has 0 aliphatic carbocycles. The minimum atomic E-state index is -4.29. The van der Waals surface area contributed by atoms with Crippen LogP contribution in [0.4, 0.5) is 13.2 Å². The number of hydrogen-bond donors (Lipinski definition) is 1. The maximum atomic E-state index is 12.5. The van der Waals surface area contributed by atoms with Gasteiger partial charge in [0.05, 0.1) is 18.1 Å². The van der Waals surface area contributed by atoms with Gasteiger partial charge in [-0.25, -0.2) is 0 Å². The van der Waals surface area contributed by atoms with Gasteiger partial charge in [0, 0.05) is 11.6 Å². The third kappa shape index (κ3) is 4.36. The molecule has 0 aliphatic heterocycles. The van der Waals surface area contributed by atoms with Crippen LogP contribution in [0.1, 0.15) is 36.1 Å². The second-order valence-electron chi connectivity index (χ2n) is 4.96. The summed E-state index contributed by atoms with van der Waals surface area (Å²) in [4.78, 5) is 0. The van der Waals surface area contributed by atoms with E-state index in [0.29, 0.717) is 6.42 Å². The second kappa shape index (κ2) is 6.80. The van der Waals surface area contributed by atoms with E-state index in [1.807, 2.05) is 6.07 Å². The summed E-state index contributed by atoms with van der Waals surface area (Å²) >= 11 is 0. The molecular weight excluding hydrogens is 279 g/mol. The van der Waals surface area contributed by atoms with Gasteiger partial charge < -0.3 is 9.73 Å². The molecule has 1 aromatic heterocycles. The van der Waals surface area contributed by atoms with Crippen molar-refractivity contribution >= 4 is 0 Å². The molecule has 2 aromatic rings. The molecule has 1 atom stereocenters. The van der Waals surface area contributed by atoms with Crippen molar-refractivity contribution < 1.29 is 17.6 Å². The van der Waals surface area contributed by atoms with Crippen LogP contribution in [-0.4, -0.2) is 6.54 Å². The summed E-state index contributed by atoms with van der Waals surface area (Å²) < 4.78 is 42.7. The number of nitrogens with one attached hydrogen (secondary N) is 1. The number of benzene rings is 1. The Hall–Kier alpha value is -1.75. The predicted molar refractivity (Wildman–Crippen MR) is 74.9 cm³/mol. The van der Waals surface area contributed by atoms with Crippen LogP contribution < -0.4 is 5.32 Å². The summed E-state index contributed by atoms with van der Waals surface area (Å²) in [6.45, 7) is 2.91. The number of alkyl halides is 3. The number of halogens is 3. The van der Waals surface area contributed by atoms with E-state index in [0.717, 1.165) is 36.2 Å². The molecule has 1 aromatic carbocycles. The average Bonchev–Trinajstić information content (AvgIpc) is 2.97. The zero-order valence-corrected chi connectivity index (χ0v) is 11.8. The van der Waals surface area contributed by atoms with Gasteiger partial charge in [0.25, 0.3) is 0 Å². The summed E-state index contributed by atoms with van der Waals surface area (Å²) in [6, 6.07) is 7.23. The maximum absolute atomic E-state index is 12.5. The Morgan fingerprint density at radius 3 is 2.38 bits per heavy atom. The Morgan fingerprint density at radius 1 is 1.14 bits per heavy atom. The first-order valence-corrected chi connectivity index (χ1v) is 6.92. The first-order valence-electron chi connectivity index (χ1n) is 6.92. The van der Waals surface area contributed by atoms with Crippen molar-refractivity contribution in [1.82, 2.24) is 5.32 Å². The predicted octanol–water partition coefficient (Wildman–Crippen LogP) is 4.58. The van der Waals surface area contributed by atoms with Crippen molar-refractivity contribution in [3.05, 3.63) is 59.5 Å². The van der Waals surface area contributed by atoms with Gasteiger partial charge >= 0.3 is 6.18 Å². The average molecular weight is 297 g/mol. The Kier molecular flexibility index (Phi) is 5.07. The SMILES string of the molecule is CCCNC(Cc1ccc(C(F)(F)F)cc1)c1ccoc1. The summed E-state index contributed by atoms with van der Waals surface area (Å²) in [5.41, 5.74) is 1.24. The van der Waals surface area contributed by atoms with Crippen LogP contribution in [0, 0.1) is 0 Å². The van der Waals surface area contributed by atoms with Gasteiger partial charge in [-0.2, -0.15) is 13.2 Å². The molecule has 5 heteroatoms. The lowest BCUT2D eigenvalue weighted by Gasteiger charge is -2.17. The van der Waals surface area contributed by atoms with Gasteiger partial charge in [0.1, 0.15) is 0 Å². The van der Waals surface area contributed by atoms with Gasteiger partial charge in [-0.3, -0.25) is 0 Å². The normalized spacial score (nSPS) is 13.3. The van der Waals surface area contributed by atoms with Crippen LogP contribution in [0.25, 0.3) is 0 Å². The van der Waals surface area contributed by atoms with Gasteiger partial charge in [-0.05, 0) is 43.1 Å².